The second-order valence-corrected chi connectivity index (χ2v) is 27.5. The lowest BCUT2D eigenvalue weighted by Gasteiger charge is -2.51. The number of nitrogens with one attached hydrogen (secondary N) is 11. The summed E-state index contributed by atoms with van der Waals surface area (Å²) >= 11 is 0. The molecular weight excluding hydrogens is 1410 g/mol. The van der Waals surface area contributed by atoms with Gasteiger partial charge < -0.3 is 99.3 Å². The topological polar surface area (TPSA) is 571 Å². The number of carbonyl (C=O) groups is 16. The number of piperidine rings is 2. The van der Waals surface area contributed by atoms with E-state index in [9.17, 15) is 93.0 Å². The lowest BCUT2D eigenvalue weighted by atomic mass is 9.73. The Morgan fingerprint density at radius 1 is 0.537 bits per heavy atom. The van der Waals surface area contributed by atoms with Gasteiger partial charge in [0.15, 0.2) is 5.96 Å². The molecule has 3 aromatic rings. The second-order valence-electron chi connectivity index (χ2n) is 27.5. The predicted molar refractivity (Wildman–Crippen MR) is 382 cm³/mol. The average molecular weight is 1510 g/mol. The van der Waals surface area contributed by atoms with Gasteiger partial charge in [-0.15, -0.1) is 0 Å². The minimum Gasteiger partial charge on any atom is -0.508 e. The van der Waals surface area contributed by atoms with E-state index >= 15 is 14.4 Å². The highest BCUT2D eigenvalue weighted by atomic mass is 16.4. The maximum Gasteiger partial charge on any atom is 0.326 e. The van der Waals surface area contributed by atoms with Gasteiger partial charge >= 0.3 is 29.8 Å². The summed E-state index contributed by atoms with van der Waals surface area (Å²) in [5, 5.41) is 91.4. The van der Waals surface area contributed by atoms with Crippen LogP contribution in [0.4, 0.5) is 5.69 Å². The van der Waals surface area contributed by atoms with Gasteiger partial charge in [-0.2, -0.15) is 0 Å². The van der Waals surface area contributed by atoms with Crippen molar-refractivity contribution >= 4 is 106 Å². The van der Waals surface area contributed by atoms with E-state index in [1.807, 2.05) is 0 Å². The van der Waals surface area contributed by atoms with Crippen molar-refractivity contribution in [1.82, 2.24) is 57.7 Å². The Labute approximate surface area is 621 Å². The maximum atomic E-state index is 15.3. The van der Waals surface area contributed by atoms with Crippen molar-refractivity contribution in [2.45, 2.75) is 203 Å². The minimum atomic E-state index is -1.86. The first-order valence-corrected chi connectivity index (χ1v) is 35.6. The molecule has 36 heteroatoms. The van der Waals surface area contributed by atoms with Gasteiger partial charge in [-0.3, -0.25) is 77.3 Å². The van der Waals surface area contributed by atoms with Crippen molar-refractivity contribution in [3.05, 3.63) is 95.6 Å². The number of phenols is 1. The number of phenolic OH excluding ortho intramolecular Hbond substituents is 1. The van der Waals surface area contributed by atoms with E-state index in [0.29, 0.717) is 42.5 Å². The third-order valence-electron chi connectivity index (χ3n) is 19.0. The number of carboxylic acid groups (broad SMARTS) is 5. The van der Waals surface area contributed by atoms with E-state index in [4.69, 9.17) is 11.1 Å². The molecule has 0 aromatic heterocycles. The summed E-state index contributed by atoms with van der Waals surface area (Å²) in [5.41, 5.74) is 6.63. The Balaban J connectivity index is 1.21. The van der Waals surface area contributed by atoms with Crippen molar-refractivity contribution < 1.29 is 107 Å². The van der Waals surface area contributed by atoms with Gasteiger partial charge in [-0.1, -0.05) is 76.6 Å². The summed E-state index contributed by atoms with van der Waals surface area (Å²) in [7, 11) is 0. The zero-order valence-electron chi connectivity index (χ0n) is 60.2. The molecule has 1 aliphatic carbocycles. The number of rotatable bonds is 41. The fraction of sp³-hybridized carbons (Fsp3) is 0.514. The molecule has 586 valence electrons. The minimum absolute atomic E-state index is 0.0145. The third-order valence-corrected chi connectivity index (χ3v) is 19.0. The van der Waals surface area contributed by atoms with Crippen LogP contribution in [-0.2, 0) is 84.8 Å². The van der Waals surface area contributed by atoms with Gasteiger partial charge in [0, 0.05) is 55.9 Å². The third kappa shape index (κ3) is 25.8. The SMILES string of the molecule is CC[C@H](C)[C@H](NC(=O)[C@@H]1C2CCC(CC2)N1C(=O)[C@H](CCC(=O)O)NC(=O)[C@H](Cc1ccccc1)NC(=O)[C@H](CC(=O)O)NC(=O)CNC(=O)c1ccc(NC(=N)N)cc1)C(=O)N1CCC[C@H]1C(=O)N[C@@H](CCC(=O)O)C(=O)N[C@@H](CCC(=O)O)C(=O)N[C@@H](Cc1ccc(O)cc1)C(=O)N[C@@H](CC(C)C)C(=O)O. The Hall–Kier alpha value is -11.8. The first-order valence-electron chi connectivity index (χ1n) is 35.6. The molecule has 0 unspecified atom stereocenters. The summed E-state index contributed by atoms with van der Waals surface area (Å²) in [6.45, 7) is 5.98. The van der Waals surface area contributed by atoms with Crippen molar-refractivity contribution in [3.8, 4) is 5.75 Å². The number of aromatic hydroxyl groups is 1. The van der Waals surface area contributed by atoms with Crippen LogP contribution in [-0.4, -0.2) is 221 Å². The fourth-order valence-corrected chi connectivity index (χ4v) is 13.2. The normalized spacial score (nSPS) is 18.2. The number of guanidine groups is 1. The second kappa shape index (κ2) is 40.7. The fourth-order valence-electron chi connectivity index (χ4n) is 13.2. The quantitative estimate of drug-likeness (QED) is 0.0258. The lowest BCUT2D eigenvalue weighted by molar-refractivity contribution is -0.157. The lowest BCUT2D eigenvalue weighted by Crippen LogP contribution is -2.68. The van der Waals surface area contributed by atoms with E-state index in [1.165, 1.54) is 58.3 Å². The number of carbonyl (C=O) groups excluding carboxylic acids is 11. The van der Waals surface area contributed by atoms with Crippen molar-refractivity contribution in [2.75, 3.05) is 18.4 Å². The summed E-state index contributed by atoms with van der Waals surface area (Å²) in [6, 6.07) is 2.61. The molecule has 19 N–H and O–H groups in total. The number of likely N-dealkylation sites (tertiary alicyclic amines) is 1. The zero-order chi connectivity index (χ0) is 79.6. The van der Waals surface area contributed by atoms with Gasteiger partial charge in [0.1, 0.15) is 66.2 Å². The number of aliphatic carboxylic acids is 5. The number of fused-ring (bicyclic) bond motifs is 3. The van der Waals surface area contributed by atoms with Crippen molar-refractivity contribution in [2.24, 2.45) is 23.5 Å². The highest BCUT2D eigenvalue weighted by molar-refractivity contribution is 6.01. The van der Waals surface area contributed by atoms with Crippen LogP contribution in [0.3, 0.4) is 0 Å². The molecule has 2 bridgehead atoms. The van der Waals surface area contributed by atoms with E-state index in [1.54, 1.807) is 58.0 Å². The van der Waals surface area contributed by atoms with Crippen LogP contribution >= 0.6 is 0 Å². The average Bonchev–Trinajstić information content (AvgIpc) is 0.773. The number of carboxylic acids is 5. The van der Waals surface area contributed by atoms with Crippen LogP contribution in [0.15, 0.2) is 78.9 Å². The number of nitrogens with two attached hydrogens (primary N) is 1. The molecule has 4 aliphatic rings. The largest absolute Gasteiger partial charge is 0.508 e. The first-order chi connectivity index (χ1) is 51.1. The Morgan fingerprint density at radius 3 is 1.56 bits per heavy atom. The number of amides is 11. The Bertz CT molecular complexity index is 3780. The monoisotopic (exact) mass is 1510 g/mol. The molecule has 3 aromatic carbocycles. The molecule has 3 saturated heterocycles. The highest BCUT2D eigenvalue weighted by Gasteiger charge is 2.51. The molecule has 4 fully saturated rings. The number of anilines is 1. The van der Waals surface area contributed by atoms with Gasteiger partial charge in [-0.25, -0.2) is 4.79 Å². The number of benzene rings is 3. The van der Waals surface area contributed by atoms with E-state index in [-0.39, 0.29) is 68.3 Å². The molecule has 108 heavy (non-hydrogen) atoms. The van der Waals surface area contributed by atoms with Crippen LogP contribution in [0.1, 0.15) is 145 Å². The molecule has 1 saturated carbocycles. The van der Waals surface area contributed by atoms with Crippen LogP contribution in [0.5, 0.6) is 5.75 Å². The summed E-state index contributed by atoms with van der Waals surface area (Å²) < 4.78 is 0. The highest BCUT2D eigenvalue weighted by Crippen LogP contribution is 2.41. The summed E-state index contributed by atoms with van der Waals surface area (Å²) in [4.78, 5) is 221. The number of hydrogen-bond donors (Lipinski definition) is 18. The number of nitrogens with zero attached hydrogens (tertiary/aromatic N) is 2. The summed E-state index contributed by atoms with van der Waals surface area (Å²) in [6.07, 6.45) is -3.60. The maximum absolute atomic E-state index is 15.3. The molecule has 3 aliphatic heterocycles. The van der Waals surface area contributed by atoms with Gasteiger partial charge in [0.2, 0.25) is 59.1 Å². The molecule has 11 atom stereocenters. The van der Waals surface area contributed by atoms with E-state index < -0.39 is 225 Å². The predicted octanol–water partition coefficient (Wildman–Crippen LogP) is -0.202. The standard InChI is InChI=1S/C72H96N14O22/c1-5-38(4)59(70(106)85-31-9-12-53(85)67(103)79-47(26-29-56(91)92)62(98)78-46(25-28-55(89)90)63(99)81-50(34-40-13-23-45(87)24-14-40)65(101)83-52(71(107)108)32-37(2)3)84-68(104)60-41-17-21-44(22-18-41)86(60)69(105)48(27-30-57(93)94)80-64(100)49(33-39-10-7-6-8-11-39)82-66(102)51(35-58(95)96)77-54(88)36-75-61(97)42-15-19-43(20-16-42)76-72(73)74/h6-8,10-11,13-16,19-20,23-24,37-38,41,44,46-53,59-60,87H,5,9,12,17-18,21-22,25-36H2,1-4H3,(H,75,97)(H,77,88)(H,78,98)(H,79,103)(H,80,100)(H,81,99)(H,82,102)(H,83,101)(H,84,104)(H,89,90)(H,91,92)(H,93,94)(H,95,96)(H,107,108)(H4,73,74,76)/t38-,41?,44?,46-,47-,48-,49-,50-,51-,52-,53-,59-,60-/m0/s1. The van der Waals surface area contributed by atoms with Crippen LogP contribution in [0.2, 0.25) is 0 Å². The molecular formula is C72H96N14O22. The molecule has 0 radical (unpaired) electrons. The van der Waals surface area contributed by atoms with Crippen LogP contribution in [0, 0.1) is 23.2 Å². The van der Waals surface area contributed by atoms with E-state index in [0.717, 1.165) is 0 Å². The smallest absolute Gasteiger partial charge is 0.326 e. The molecule has 7 rings (SSSR count). The first kappa shape index (κ1) is 85.2. The van der Waals surface area contributed by atoms with Gasteiger partial charge in [0.25, 0.3) is 5.91 Å². The summed E-state index contributed by atoms with van der Waals surface area (Å²) in [5.74, 6) is -19.8. The molecule has 36 nitrogen and oxygen atoms in total. The Morgan fingerprint density at radius 2 is 1.04 bits per heavy atom. The van der Waals surface area contributed by atoms with Crippen LogP contribution in [0.25, 0.3) is 0 Å². The van der Waals surface area contributed by atoms with Crippen LogP contribution < -0.4 is 58.9 Å². The van der Waals surface area contributed by atoms with Crippen molar-refractivity contribution in [1.29, 1.82) is 5.41 Å². The van der Waals surface area contributed by atoms with Gasteiger partial charge in [-0.05, 0) is 129 Å². The number of hydrogen-bond acceptors (Lipinski definition) is 18. The van der Waals surface area contributed by atoms with E-state index in [2.05, 4.69) is 53.2 Å². The molecule has 11 amide bonds. The molecule has 3 heterocycles. The molecule has 0 spiro atoms. The Kier molecular flexibility index (Phi) is 32.1. The van der Waals surface area contributed by atoms with Gasteiger partial charge in [0.05, 0.1) is 13.0 Å². The van der Waals surface area contributed by atoms with Crippen molar-refractivity contribution in [3.63, 3.8) is 0 Å². The zero-order valence-corrected chi connectivity index (χ0v) is 60.2.